The van der Waals surface area contributed by atoms with Gasteiger partial charge in [-0.3, -0.25) is 24.4 Å². The Bertz CT molecular complexity index is 832. The summed E-state index contributed by atoms with van der Waals surface area (Å²) in [7, 11) is 2.93. The van der Waals surface area contributed by atoms with Crippen molar-refractivity contribution in [2.24, 2.45) is 13.0 Å². The van der Waals surface area contributed by atoms with Crippen LogP contribution >= 0.6 is 0 Å². The number of para-hydroxylation sites is 1. The molecule has 1 unspecified atom stereocenters. The lowest BCUT2D eigenvalue weighted by molar-refractivity contribution is -0.385. The van der Waals surface area contributed by atoms with Crippen molar-refractivity contribution in [3.63, 3.8) is 0 Å². The molecule has 1 amide bonds. The Morgan fingerprint density at radius 2 is 2.12 bits per heavy atom. The third-order valence-corrected chi connectivity index (χ3v) is 3.74. The van der Waals surface area contributed by atoms with Gasteiger partial charge < -0.3 is 15.2 Å². The number of hydrogen-bond donors (Lipinski definition) is 2. The van der Waals surface area contributed by atoms with Crippen LogP contribution in [0.1, 0.15) is 16.1 Å². The van der Waals surface area contributed by atoms with E-state index in [-0.39, 0.29) is 18.7 Å². The summed E-state index contributed by atoms with van der Waals surface area (Å²) in [5.74, 6) is -2.29. The van der Waals surface area contributed by atoms with Crippen LogP contribution in [0.4, 0.5) is 5.69 Å². The maximum absolute atomic E-state index is 12.2. The minimum atomic E-state index is -1.10. The fourth-order valence-electron chi connectivity index (χ4n) is 2.45. The number of nitro groups is 1. The van der Waals surface area contributed by atoms with E-state index in [1.165, 1.54) is 14.2 Å². The molecule has 1 aromatic heterocycles. The molecule has 0 fully saturated rings. The molecule has 10 nitrogen and oxygen atoms in total. The fraction of sp³-hybridized carbons (Fsp3) is 0.312. The second-order valence-corrected chi connectivity index (χ2v) is 5.55. The van der Waals surface area contributed by atoms with E-state index in [0.717, 1.165) is 10.9 Å². The van der Waals surface area contributed by atoms with E-state index in [1.807, 2.05) is 0 Å². The molecule has 1 atom stereocenters. The summed E-state index contributed by atoms with van der Waals surface area (Å²) in [5.41, 5.74) is -0.124. The maximum Gasteiger partial charge on any atom is 0.320 e. The number of benzene rings is 1. The molecule has 2 rings (SSSR count). The molecule has 1 aromatic carbocycles. The van der Waals surface area contributed by atoms with Crippen molar-refractivity contribution in [3.05, 3.63) is 51.8 Å². The molecule has 2 N–H and O–H groups in total. The molecule has 0 aliphatic carbocycles. The lowest BCUT2D eigenvalue weighted by Gasteiger charge is -2.15. The summed E-state index contributed by atoms with van der Waals surface area (Å²) in [6.45, 7) is -0.208. The van der Waals surface area contributed by atoms with Crippen molar-refractivity contribution in [3.8, 4) is 5.75 Å². The van der Waals surface area contributed by atoms with E-state index in [2.05, 4.69) is 10.4 Å². The van der Waals surface area contributed by atoms with E-state index in [9.17, 15) is 24.8 Å². The zero-order valence-corrected chi connectivity index (χ0v) is 14.2. The second kappa shape index (κ2) is 8.10. The highest BCUT2D eigenvalue weighted by molar-refractivity contribution is 5.96. The number of aryl methyl sites for hydroxylation is 1. The predicted molar refractivity (Wildman–Crippen MR) is 90.0 cm³/mol. The van der Waals surface area contributed by atoms with Gasteiger partial charge >= 0.3 is 11.7 Å². The molecule has 0 saturated heterocycles. The summed E-state index contributed by atoms with van der Waals surface area (Å²) < 4.78 is 6.35. The van der Waals surface area contributed by atoms with Gasteiger partial charge in [-0.05, 0) is 18.1 Å². The number of hydrogen-bond acceptors (Lipinski definition) is 6. The Balaban J connectivity index is 2.10. The standard InChI is InChI=1S/C16H18N4O6/c1-19-9-12(20(24)25)14(18-19)15(21)17-8-11(16(22)23)7-10-5-3-4-6-13(10)26-2/h3-6,9,11H,7-8H2,1-2H3,(H,17,21)(H,22,23). The number of rotatable bonds is 8. The second-order valence-electron chi connectivity index (χ2n) is 5.55. The number of amides is 1. The smallest absolute Gasteiger partial charge is 0.320 e. The largest absolute Gasteiger partial charge is 0.496 e. The fourth-order valence-corrected chi connectivity index (χ4v) is 2.45. The van der Waals surface area contributed by atoms with Crippen LogP contribution in [-0.2, 0) is 18.3 Å². The van der Waals surface area contributed by atoms with Gasteiger partial charge in [-0.25, -0.2) is 0 Å². The van der Waals surface area contributed by atoms with E-state index in [0.29, 0.717) is 11.3 Å². The van der Waals surface area contributed by atoms with E-state index in [1.54, 1.807) is 24.3 Å². The van der Waals surface area contributed by atoms with Gasteiger partial charge in [-0.1, -0.05) is 18.2 Å². The van der Waals surface area contributed by atoms with Crippen LogP contribution in [0.3, 0.4) is 0 Å². The van der Waals surface area contributed by atoms with Crippen LogP contribution in [0.15, 0.2) is 30.5 Å². The van der Waals surface area contributed by atoms with Crippen molar-refractivity contribution in [2.75, 3.05) is 13.7 Å². The van der Waals surface area contributed by atoms with Crippen LogP contribution in [0.5, 0.6) is 5.75 Å². The zero-order valence-electron chi connectivity index (χ0n) is 14.2. The number of carbonyl (C=O) groups is 2. The van der Waals surface area contributed by atoms with Crippen LogP contribution < -0.4 is 10.1 Å². The molecule has 2 aromatic rings. The first-order valence-corrected chi connectivity index (χ1v) is 7.64. The normalized spacial score (nSPS) is 11.6. The van der Waals surface area contributed by atoms with Gasteiger partial charge in [-0.2, -0.15) is 5.10 Å². The molecule has 138 valence electrons. The van der Waals surface area contributed by atoms with Crippen LogP contribution in [0, 0.1) is 16.0 Å². The lowest BCUT2D eigenvalue weighted by Crippen LogP contribution is -2.34. The molecular weight excluding hydrogens is 344 g/mol. The van der Waals surface area contributed by atoms with Crippen molar-refractivity contribution in [1.29, 1.82) is 0 Å². The minimum Gasteiger partial charge on any atom is -0.496 e. The maximum atomic E-state index is 12.2. The Labute approximate surface area is 148 Å². The molecule has 0 bridgehead atoms. The zero-order chi connectivity index (χ0) is 19.3. The Morgan fingerprint density at radius 3 is 2.73 bits per heavy atom. The molecule has 0 aliphatic rings. The van der Waals surface area contributed by atoms with Gasteiger partial charge in [0.1, 0.15) is 11.9 Å². The topological polar surface area (TPSA) is 137 Å². The number of aliphatic carboxylic acids is 1. The molecule has 0 saturated carbocycles. The van der Waals surface area contributed by atoms with Gasteiger partial charge in [0.05, 0.1) is 18.0 Å². The quantitative estimate of drug-likeness (QED) is 0.528. The average Bonchev–Trinajstić information content (AvgIpc) is 3.00. The van der Waals surface area contributed by atoms with E-state index >= 15 is 0 Å². The number of ether oxygens (including phenoxy) is 1. The lowest BCUT2D eigenvalue weighted by atomic mass is 9.98. The van der Waals surface area contributed by atoms with Gasteiger partial charge in [-0.15, -0.1) is 0 Å². The molecule has 26 heavy (non-hydrogen) atoms. The van der Waals surface area contributed by atoms with Gasteiger partial charge in [0.25, 0.3) is 5.91 Å². The van der Waals surface area contributed by atoms with Crippen LogP contribution in [0.25, 0.3) is 0 Å². The van der Waals surface area contributed by atoms with Gasteiger partial charge in [0, 0.05) is 13.6 Å². The number of aromatic nitrogens is 2. The highest BCUT2D eigenvalue weighted by Gasteiger charge is 2.27. The molecule has 0 aliphatic heterocycles. The first-order chi connectivity index (χ1) is 12.3. The van der Waals surface area contributed by atoms with Gasteiger partial charge in [0.15, 0.2) is 0 Å². The van der Waals surface area contributed by atoms with Crippen LogP contribution in [0.2, 0.25) is 0 Å². The number of carbonyl (C=O) groups excluding carboxylic acids is 1. The van der Waals surface area contributed by atoms with Crippen molar-refractivity contribution in [2.45, 2.75) is 6.42 Å². The Kier molecular flexibility index (Phi) is 5.89. The number of methoxy groups -OCH3 is 1. The third-order valence-electron chi connectivity index (χ3n) is 3.74. The summed E-state index contributed by atoms with van der Waals surface area (Å²) in [6, 6.07) is 6.97. The summed E-state index contributed by atoms with van der Waals surface area (Å²) in [6.07, 6.45) is 1.24. The molecule has 0 spiro atoms. The predicted octanol–water partition coefficient (Wildman–Crippen LogP) is 1.01. The SMILES string of the molecule is COc1ccccc1CC(CNC(=O)c1nn(C)cc1[N+](=O)[O-])C(=O)O. The van der Waals surface area contributed by atoms with Crippen molar-refractivity contribution >= 4 is 17.6 Å². The molecule has 0 radical (unpaired) electrons. The summed E-state index contributed by atoms with van der Waals surface area (Å²) in [4.78, 5) is 33.9. The number of carboxylic acid groups (broad SMARTS) is 1. The monoisotopic (exact) mass is 362 g/mol. The summed E-state index contributed by atoms with van der Waals surface area (Å²) in [5, 5.41) is 26.5. The average molecular weight is 362 g/mol. The van der Waals surface area contributed by atoms with Crippen molar-refractivity contribution in [1.82, 2.24) is 15.1 Å². The molecular formula is C16H18N4O6. The Morgan fingerprint density at radius 1 is 1.42 bits per heavy atom. The minimum absolute atomic E-state index is 0.129. The Hall–Kier alpha value is -3.43. The number of nitrogens with zero attached hydrogens (tertiary/aromatic N) is 3. The highest BCUT2D eigenvalue weighted by Crippen LogP contribution is 2.21. The van der Waals surface area contributed by atoms with Crippen molar-refractivity contribution < 1.29 is 24.4 Å². The third kappa shape index (κ3) is 4.35. The highest BCUT2D eigenvalue weighted by atomic mass is 16.6. The first-order valence-electron chi connectivity index (χ1n) is 7.64. The van der Waals surface area contributed by atoms with E-state index in [4.69, 9.17) is 4.74 Å². The summed E-state index contributed by atoms with van der Waals surface area (Å²) >= 11 is 0. The van der Waals surface area contributed by atoms with Crippen LogP contribution in [-0.4, -0.2) is 45.3 Å². The van der Waals surface area contributed by atoms with E-state index < -0.39 is 28.4 Å². The molecule has 10 heteroatoms. The number of carboxylic acids is 1. The van der Waals surface area contributed by atoms with Gasteiger partial charge in [0.2, 0.25) is 5.69 Å². The first kappa shape index (κ1) is 18.9. The molecule has 1 heterocycles. The number of nitrogens with one attached hydrogen (secondary N) is 1.